The summed E-state index contributed by atoms with van der Waals surface area (Å²) in [6, 6.07) is 11.0. The largest absolute Gasteiger partial charge is 0.454 e. The van der Waals surface area contributed by atoms with Crippen LogP contribution in [0.25, 0.3) is 0 Å². The average molecular weight is 313 g/mol. The number of anilines is 1. The van der Waals surface area contributed by atoms with Gasteiger partial charge in [-0.3, -0.25) is 4.79 Å². The highest BCUT2D eigenvalue weighted by Gasteiger charge is 2.15. The Hall–Kier alpha value is -2.76. The zero-order valence-electron chi connectivity index (χ0n) is 12.7. The SMILES string of the molecule is O=C(NCCCCNc1ccccn1)c1ccc2c(c1)OCO2. The van der Waals surface area contributed by atoms with Crippen molar-refractivity contribution in [3.63, 3.8) is 0 Å². The van der Waals surface area contributed by atoms with Gasteiger partial charge >= 0.3 is 0 Å². The highest BCUT2D eigenvalue weighted by molar-refractivity contribution is 5.94. The van der Waals surface area contributed by atoms with Crippen molar-refractivity contribution in [2.75, 3.05) is 25.2 Å². The van der Waals surface area contributed by atoms with Crippen molar-refractivity contribution >= 4 is 11.7 Å². The van der Waals surface area contributed by atoms with Crippen molar-refractivity contribution in [2.45, 2.75) is 12.8 Å². The second-order valence-electron chi connectivity index (χ2n) is 5.17. The molecule has 2 N–H and O–H groups in total. The second-order valence-corrected chi connectivity index (χ2v) is 5.17. The molecule has 0 saturated heterocycles. The molecular weight excluding hydrogens is 294 g/mol. The number of hydrogen-bond donors (Lipinski definition) is 2. The first-order valence-corrected chi connectivity index (χ1v) is 7.66. The molecular formula is C17H19N3O3. The molecule has 6 nitrogen and oxygen atoms in total. The first kappa shape index (κ1) is 15.1. The van der Waals surface area contributed by atoms with Gasteiger partial charge in [0.25, 0.3) is 5.91 Å². The lowest BCUT2D eigenvalue weighted by molar-refractivity contribution is 0.0952. The fourth-order valence-corrected chi connectivity index (χ4v) is 2.28. The Bertz CT molecular complexity index is 661. The number of fused-ring (bicyclic) bond motifs is 1. The molecule has 0 aliphatic carbocycles. The second kappa shape index (κ2) is 7.49. The van der Waals surface area contributed by atoms with E-state index < -0.39 is 0 Å². The number of nitrogens with zero attached hydrogens (tertiary/aromatic N) is 1. The summed E-state index contributed by atoms with van der Waals surface area (Å²) < 4.78 is 10.5. The Morgan fingerprint density at radius 1 is 1.09 bits per heavy atom. The number of pyridine rings is 1. The standard InChI is InChI=1S/C17H19N3O3/c21-17(13-6-7-14-15(11-13)23-12-22-14)20-10-4-3-9-19-16-5-1-2-8-18-16/h1-2,5-8,11H,3-4,9-10,12H2,(H,18,19)(H,20,21). The Balaban J connectivity index is 1.35. The number of ether oxygens (including phenoxy) is 2. The molecule has 1 aromatic heterocycles. The predicted octanol–water partition coefficient (Wildman–Crippen LogP) is 2.43. The molecule has 1 amide bonds. The van der Waals surface area contributed by atoms with Crippen LogP contribution in [-0.4, -0.2) is 30.8 Å². The predicted molar refractivity (Wildman–Crippen MR) is 86.9 cm³/mol. The van der Waals surface area contributed by atoms with Crippen LogP contribution in [0.1, 0.15) is 23.2 Å². The van der Waals surface area contributed by atoms with E-state index in [1.807, 2.05) is 18.2 Å². The van der Waals surface area contributed by atoms with Gasteiger partial charge in [-0.15, -0.1) is 0 Å². The number of amides is 1. The number of unbranched alkanes of at least 4 members (excludes halogenated alkanes) is 1. The minimum absolute atomic E-state index is 0.0963. The third kappa shape index (κ3) is 4.12. The highest BCUT2D eigenvalue weighted by Crippen LogP contribution is 2.32. The maximum atomic E-state index is 12.1. The molecule has 1 aliphatic heterocycles. The van der Waals surface area contributed by atoms with Gasteiger partial charge in [-0.1, -0.05) is 6.07 Å². The van der Waals surface area contributed by atoms with E-state index >= 15 is 0 Å². The molecule has 0 saturated carbocycles. The van der Waals surface area contributed by atoms with Crippen LogP contribution in [0.5, 0.6) is 11.5 Å². The molecule has 0 radical (unpaired) electrons. The van der Waals surface area contributed by atoms with Crippen molar-refractivity contribution in [3.8, 4) is 11.5 Å². The molecule has 6 heteroatoms. The van der Waals surface area contributed by atoms with Crippen LogP contribution < -0.4 is 20.1 Å². The highest BCUT2D eigenvalue weighted by atomic mass is 16.7. The number of benzene rings is 1. The Labute approximate surface area is 134 Å². The van der Waals surface area contributed by atoms with Gasteiger partial charge in [0.1, 0.15) is 5.82 Å². The smallest absolute Gasteiger partial charge is 0.251 e. The maximum Gasteiger partial charge on any atom is 0.251 e. The molecule has 0 spiro atoms. The van der Waals surface area contributed by atoms with Gasteiger partial charge in [0.15, 0.2) is 11.5 Å². The van der Waals surface area contributed by atoms with Gasteiger partial charge in [-0.2, -0.15) is 0 Å². The summed E-state index contributed by atoms with van der Waals surface area (Å²) in [6.45, 7) is 1.68. The van der Waals surface area contributed by atoms with Gasteiger partial charge in [0.05, 0.1) is 0 Å². The van der Waals surface area contributed by atoms with E-state index in [-0.39, 0.29) is 12.7 Å². The molecule has 0 unspecified atom stereocenters. The van der Waals surface area contributed by atoms with Crippen molar-refractivity contribution in [2.24, 2.45) is 0 Å². The molecule has 0 fully saturated rings. The number of carbonyl (C=O) groups is 1. The van der Waals surface area contributed by atoms with Crippen molar-refractivity contribution in [3.05, 3.63) is 48.2 Å². The molecule has 3 rings (SSSR count). The van der Waals surface area contributed by atoms with Crippen LogP contribution in [0, 0.1) is 0 Å². The van der Waals surface area contributed by atoms with Gasteiger partial charge in [0.2, 0.25) is 6.79 Å². The van der Waals surface area contributed by atoms with E-state index in [0.29, 0.717) is 23.6 Å². The summed E-state index contributed by atoms with van der Waals surface area (Å²) in [4.78, 5) is 16.3. The maximum absolute atomic E-state index is 12.1. The lowest BCUT2D eigenvalue weighted by Gasteiger charge is -2.07. The number of carbonyl (C=O) groups excluding carboxylic acids is 1. The third-order valence-corrected chi connectivity index (χ3v) is 3.49. The molecule has 0 bridgehead atoms. The van der Waals surface area contributed by atoms with E-state index in [0.717, 1.165) is 25.2 Å². The van der Waals surface area contributed by atoms with E-state index in [9.17, 15) is 4.79 Å². The topological polar surface area (TPSA) is 72.5 Å². The zero-order valence-corrected chi connectivity index (χ0v) is 12.7. The number of nitrogens with one attached hydrogen (secondary N) is 2. The van der Waals surface area contributed by atoms with Gasteiger partial charge < -0.3 is 20.1 Å². The minimum Gasteiger partial charge on any atom is -0.454 e. The van der Waals surface area contributed by atoms with Gasteiger partial charge in [-0.05, 0) is 43.2 Å². The van der Waals surface area contributed by atoms with E-state index in [2.05, 4.69) is 15.6 Å². The van der Waals surface area contributed by atoms with Crippen LogP contribution in [0.3, 0.4) is 0 Å². The fourth-order valence-electron chi connectivity index (χ4n) is 2.28. The van der Waals surface area contributed by atoms with E-state index in [1.54, 1.807) is 24.4 Å². The molecule has 23 heavy (non-hydrogen) atoms. The van der Waals surface area contributed by atoms with Gasteiger partial charge in [0, 0.05) is 24.8 Å². The normalized spacial score (nSPS) is 12.0. The van der Waals surface area contributed by atoms with Crippen LogP contribution in [0.15, 0.2) is 42.6 Å². The molecule has 1 aliphatic rings. The molecule has 2 aromatic rings. The first-order chi connectivity index (χ1) is 11.3. The molecule has 2 heterocycles. The summed E-state index contributed by atoms with van der Waals surface area (Å²) in [5, 5.41) is 6.15. The Morgan fingerprint density at radius 3 is 2.83 bits per heavy atom. The fraction of sp³-hybridized carbons (Fsp3) is 0.294. The lowest BCUT2D eigenvalue weighted by atomic mass is 10.2. The summed E-state index contributed by atoms with van der Waals surface area (Å²) in [5.41, 5.74) is 0.584. The molecule has 1 aromatic carbocycles. The number of aromatic nitrogens is 1. The Morgan fingerprint density at radius 2 is 1.96 bits per heavy atom. The monoisotopic (exact) mass is 313 g/mol. The summed E-state index contributed by atoms with van der Waals surface area (Å²) in [6.07, 6.45) is 3.61. The van der Waals surface area contributed by atoms with Crippen molar-refractivity contribution in [1.29, 1.82) is 0 Å². The van der Waals surface area contributed by atoms with Crippen LogP contribution in [0.2, 0.25) is 0 Å². The van der Waals surface area contributed by atoms with Crippen molar-refractivity contribution in [1.82, 2.24) is 10.3 Å². The lowest BCUT2D eigenvalue weighted by Crippen LogP contribution is -2.24. The summed E-state index contributed by atoms with van der Waals surface area (Å²) in [5.74, 6) is 2.08. The molecule has 0 atom stereocenters. The zero-order chi connectivity index (χ0) is 15.9. The third-order valence-electron chi connectivity index (χ3n) is 3.49. The number of hydrogen-bond acceptors (Lipinski definition) is 5. The van der Waals surface area contributed by atoms with Crippen LogP contribution >= 0.6 is 0 Å². The quantitative estimate of drug-likeness (QED) is 0.768. The number of rotatable bonds is 7. The average Bonchev–Trinajstić information content (AvgIpc) is 3.06. The van der Waals surface area contributed by atoms with Crippen LogP contribution in [0.4, 0.5) is 5.82 Å². The van der Waals surface area contributed by atoms with Gasteiger partial charge in [-0.25, -0.2) is 4.98 Å². The Kier molecular flexibility index (Phi) is 4.93. The van der Waals surface area contributed by atoms with Crippen LogP contribution in [-0.2, 0) is 0 Å². The summed E-state index contributed by atoms with van der Waals surface area (Å²) >= 11 is 0. The van der Waals surface area contributed by atoms with Crippen molar-refractivity contribution < 1.29 is 14.3 Å². The molecule has 120 valence electrons. The van der Waals surface area contributed by atoms with E-state index in [1.165, 1.54) is 0 Å². The summed E-state index contributed by atoms with van der Waals surface area (Å²) in [7, 11) is 0. The minimum atomic E-state index is -0.0963. The van der Waals surface area contributed by atoms with E-state index in [4.69, 9.17) is 9.47 Å². The first-order valence-electron chi connectivity index (χ1n) is 7.66.